The highest BCUT2D eigenvalue weighted by molar-refractivity contribution is 7.17. The van der Waals surface area contributed by atoms with Gasteiger partial charge in [0, 0.05) is 21.0 Å². The Balaban J connectivity index is 2.58. The fourth-order valence-electron chi connectivity index (χ4n) is 1.31. The number of hydrogen-bond donors (Lipinski definition) is 0. The van der Waals surface area contributed by atoms with E-state index < -0.39 is 12.0 Å². The van der Waals surface area contributed by atoms with E-state index in [0.717, 1.165) is 11.3 Å². The van der Waals surface area contributed by atoms with E-state index in [2.05, 4.69) is 0 Å². The van der Waals surface area contributed by atoms with Crippen LogP contribution in [0.15, 0.2) is 29.6 Å². The van der Waals surface area contributed by atoms with Crippen molar-refractivity contribution >= 4 is 27.2 Å². The number of carbonyl (C=O) groups is 1. The quantitative estimate of drug-likeness (QED) is 0.683. The minimum absolute atomic E-state index is 0.261. The summed E-state index contributed by atoms with van der Waals surface area (Å²) in [6.45, 7) is 0. The monoisotopic (exact) mass is 230 g/mol. The van der Waals surface area contributed by atoms with Gasteiger partial charge in [-0.05, 0) is 6.07 Å². The first kappa shape index (κ1) is 10.2. The Labute approximate surface area is 87.1 Å². The van der Waals surface area contributed by atoms with E-state index in [-0.39, 0.29) is 5.56 Å². The van der Waals surface area contributed by atoms with Gasteiger partial charge < -0.3 is 0 Å². The summed E-state index contributed by atoms with van der Waals surface area (Å²) in [7, 11) is 0. The van der Waals surface area contributed by atoms with Gasteiger partial charge >= 0.3 is 6.18 Å². The number of Topliss-reactive ketones (excluding diaryl/α,β-unsaturated/α-hetero) is 1. The molecule has 1 aromatic heterocycles. The molecule has 0 aliphatic heterocycles. The van der Waals surface area contributed by atoms with Crippen molar-refractivity contribution < 1.29 is 18.0 Å². The van der Waals surface area contributed by atoms with Crippen molar-refractivity contribution in [1.82, 2.24) is 0 Å². The van der Waals surface area contributed by atoms with Crippen LogP contribution in [-0.4, -0.2) is 12.0 Å². The molecule has 0 aliphatic rings. The molecule has 0 bridgehead atoms. The number of hydrogen-bond acceptors (Lipinski definition) is 2. The number of rotatable bonds is 1. The molecular weight excluding hydrogens is 225 g/mol. The molecule has 5 heteroatoms. The number of benzene rings is 1. The second-order valence-electron chi connectivity index (χ2n) is 2.97. The Bertz CT molecular complexity index is 513. The molecule has 2 rings (SSSR count). The topological polar surface area (TPSA) is 17.1 Å². The predicted octanol–water partition coefficient (Wildman–Crippen LogP) is 3.65. The van der Waals surface area contributed by atoms with Crippen LogP contribution in [0.1, 0.15) is 10.4 Å². The number of ketones is 1. The van der Waals surface area contributed by atoms with Crippen molar-refractivity contribution in [3.63, 3.8) is 0 Å². The summed E-state index contributed by atoms with van der Waals surface area (Å²) in [5, 5.41) is 1.62. The van der Waals surface area contributed by atoms with E-state index in [0.29, 0.717) is 10.1 Å². The lowest BCUT2D eigenvalue weighted by Gasteiger charge is -2.03. The van der Waals surface area contributed by atoms with E-state index in [1.165, 1.54) is 11.4 Å². The normalized spacial score (nSPS) is 11.9. The maximum atomic E-state index is 12.2. The molecule has 0 N–H and O–H groups in total. The largest absolute Gasteiger partial charge is 0.454 e. The zero-order valence-electron chi connectivity index (χ0n) is 7.34. The third-order valence-electron chi connectivity index (χ3n) is 1.98. The Morgan fingerprint density at radius 2 is 1.87 bits per heavy atom. The van der Waals surface area contributed by atoms with Crippen molar-refractivity contribution in [2.24, 2.45) is 0 Å². The molecular formula is C10H5F3OS. The van der Waals surface area contributed by atoms with Crippen LogP contribution in [0.3, 0.4) is 0 Å². The SMILES string of the molecule is O=C(c1csc2ccccc12)C(F)(F)F. The molecule has 0 spiro atoms. The van der Waals surface area contributed by atoms with Crippen molar-refractivity contribution in [3.8, 4) is 0 Å². The smallest absolute Gasteiger partial charge is 0.284 e. The molecule has 15 heavy (non-hydrogen) atoms. The Kier molecular flexibility index (Phi) is 2.26. The predicted molar refractivity (Wildman–Crippen MR) is 52.2 cm³/mol. The first-order valence-corrected chi connectivity index (χ1v) is 4.96. The van der Waals surface area contributed by atoms with Gasteiger partial charge in [-0.15, -0.1) is 11.3 Å². The van der Waals surface area contributed by atoms with Gasteiger partial charge in [-0.3, -0.25) is 4.79 Å². The zero-order chi connectivity index (χ0) is 11.1. The third-order valence-corrected chi connectivity index (χ3v) is 2.95. The van der Waals surface area contributed by atoms with Crippen LogP contribution in [0.2, 0.25) is 0 Å². The van der Waals surface area contributed by atoms with Crippen LogP contribution in [-0.2, 0) is 0 Å². The van der Waals surface area contributed by atoms with Gasteiger partial charge in [-0.25, -0.2) is 0 Å². The lowest BCUT2D eigenvalue weighted by atomic mass is 10.1. The van der Waals surface area contributed by atoms with E-state index in [9.17, 15) is 18.0 Å². The molecule has 0 aliphatic carbocycles. The maximum absolute atomic E-state index is 12.2. The van der Waals surface area contributed by atoms with E-state index in [4.69, 9.17) is 0 Å². The van der Waals surface area contributed by atoms with Crippen LogP contribution >= 0.6 is 11.3 Å². The van der Waals surface area contributed by atoms with Crippen molar-refractivity contribution in [1.29, 1.82) is 0 Å². The molecule has 0 amide bonds. The van der Waals surface area contributed by atoms with E-state index in [1.54, 1.807) is 18.2 Å². The summed E-state index contributed by atoms with van der Waals surface area (Å²) in [4.78, 5) is 11.0. The molecule has 78 valence electrons. The lowest BCUT2D eigenvalue weighted by Crippen LogP contribution is -2.22. The Morgan fingerprint density at radius 1 is 1.20 bits per heavy atom. The molecule has 0 saturated heterocycles. The average Bonchev–Trinajstić information content (AvgIpc) is 2.58. The van der Waals surface area contributed by atoms with Gasteiger partial charge in [0.2, 0.25) is 0 Å². The highest BCUT2D eigenvalue weighted by Gasteiger charge is 2.40. The van der Waals surface area contributed by atoms with Crippen LogP contribution in [0.5, 0.6) is 0 Å². The van der Waals surface area contributed by atoms with Gasteiger partial charge in [0.1, 0.15) is 0 Å². The minimum Gasteiger partial charge on any atom is -0.284 e. The Hall–Kier alpha value is -1.36. The van der Waals surface area contributed by atoms with Crippen LogP contribution in [0.25, 0.3) is 10.1 Å². The average molecular weight is 230 g/mol. The maximum Gasteiger partial charge on any atom is 0.454 e. The summed E-state index contributed by atoms with van der Waals surface area (Å²) in [5.74, 6) is -1.78. The highest BCUT2D eigenvalue weighted by atomic mass is 32.1. The van der Waals surface area contributed by atoms with Gasteiger partial charge in [-0.1, -0.05) is 18.2 Å². The summed E-state index contributed by atoms with van der Waals surface area (Å²) >= 11 is 1.14. The summed E-state index contributed by atoms with van der Waals surface area (Å²) < 4.78 is 37.3. The summed E-state index contributed by atoms with van der Waals surface area (Å²) in [5.41, 5.74) is -0.261. The fourth-order valence-corrected chi connectivity index (χ4v) is 2.25. The highest BCUT2D eigenvalue weighted by Crippen LogP contribution is 2.30. The number of halogens is 3. The molecule has 1 aromatic carbocycles. The number of carbonyl (C=O) groups excluding carboxylic acids is 1. The van der Waals surface area contributed by atoms with Gasteiger partial charge in [-0.2, -0.15) is 13.2 Å². The molecule has 0 atom stereocenters. The lowest BCUT2D eigenvalue weighted by molar-refractivity contribution is -0.0883. The Morgan fingerprint density at radius 3 is 2.53 bits per heavy atom. The van der Waals surface area contributed by atoms with Crippen molar-refractivity contribution in [3.05, 3.63) is 35.2 Å². The summed E-state index contributed by atoms with van der Waals surface area (Å²) in [6, 6.07) is 6.54. The van der Waals surface area contributed by atoms with Gasteiger partial charge in [0.15, 0.2) is 0 Å². The van der Waals surface area contributed by atoms with Crippen LogP contribution in [0, 0.1) is 0 Å². The van der Waals surface area contributed by atoms with Crippen molar-refractivity contribution in [2.45, 2.75) is 6.18 Å². The summed E-state index contributed by atoms with van der Waals surface area (Å²) in [6.07, 6.45) is -4.80. The fraction of sp³-hybridized carbons (Fsp3) is 0.100. The first-order valence-electron chi connectivity index (χ1n) is 4.08. The van der Waals surface area contributed by atoms with Crippen molar-refractivity contribution in [2.75, 3.05) is 0 Å². The molecule has 0 unspecified atom stereocenters. The molecule has 1 nitrogen and oxygen atoms in total. The van der Waals surface area contributed by atoms with E-state index >= 15 is 0 Å². The zero-order valence-corrected chi connectivity index (χ0v) is 8.15. The minimum atomic E-state index is -4.80. The first-order chi connectivity index (χ1) is 7.00. The van der Waals surface area contributed by atoms with E-state index in [1.807, 2.05) is 0 Å². The third kappa shape index (κ3) is 1.74. The molecule has 2 aromatic rings. The molecule has 0 saturated carbocycles. The second-order valence-corrected chi connectivity index (χ2v) is 3.88. The number of alkyl halides is 3. The standard InChI is InChI=1S/C10H5F3OS/c11-10(12,13)9(14)7-5-15-8-4-2-1-3-6(7)8/h1-5H. The number of thiophene rings is 1. The second kappa shape index (κ2) is 3.34. The molecule has 0 fully saturated rings. The van der Waals surface area contributed by atoms with Gasteiger partial charge in [0.25, 0.3) is 5.78 Å². The van der Waals surface area contributed by atoms with Crippen LogP contribution in [0.4, 0.5) is 13.2 Å². The van der Waals surface area contributed by atoms with Gasteiger partial charge in [0.05, 0.1) is 0 Å². The number of fused-ring (bicyclic) bond motifs is 1. The molecule has 1 heterocycles. The molecule has 0 radical (unpaired) electrons. The van der Waals surface area contributed by atoms with Crippen LogP contribution < -0.4 is 0 Å².